The molecule has 2 heterocycles. The summed E-state index contributed by atoms with van der Waals surface area (Å²) in [6.45, 7) is 0. The molecule has 2 amide bonds. The van der Waals surface area contributed by atoms with Crippen LogP contribution in [0.4, 0.5) is 0 Å². The maximum Gasteiger partial charge on any atom is 2.00 e. The third-order valence-corrected chi connectivity index (χ3v) is 2.56. The normalized spacial score (nSPS) is 24.4. The molecule has 0 saturated carbocycles. The van der Waals surface area contributed by atoms with Crippen molar-refractivity contribution >= 4 is 23.8 Å². The fraction of sp³-hybridized carbons (Fsp3) is 0.600. The third kappa shape index (κ3) is 5.71. The van der Waals surface area contributed by atoms with Crippen LogP contribution >= 0.6 is 0 Å². The van der Waals surface area contributed by atoms with Crippen LogP contribution in [0.1, 0.15) is 25.7 Å². The molecule has 0 aliphatic carbocycles. The number of carboxylic acid groups (broad SMARTS) is 2. The van der Waals surface area contributed by atoms with Crippen LogP contribution in [0.15, 0.2) is 0 Å². The van der Waals surface area contributed by atoms with Crippen molar-refractivity contribution in [3.05, 3.63) is 0 Å². The van der Waals surface area contributed by atoms with Crippen molar-refractivity contribution in [2.75, 3.05) is 0 Å². The van der Waals surface area contributed by atoms with Crippen molar-refractivity contribution < 1.29 is 46.5 Å². The molecule has 2 saturated heterocycles. The molecule has 2 fully saturated rings. The second-order valence-electron chi connectivity index (χ2n) is 3.96. The number of carbonyl (C=O) groups is 4. The van der Waals surface area contributed by atoms with Crippen molar-refractivity contribution in [2.45, 2.75) is 37.8 Å². The Labute approximate surface area is 119 Å². The zero-order chi connectivity index (χ0) is 13.7. The molecule has 9 heteroatoms. The average Bonchev–Trinajstić information content (AvgIpc) is 2.88. The summed E-state index contributed by atoms with van der Waals surface area (Å²) < 4.78 is 0. The van der Waals surface area contributed by atoms with E-state index in [2.05, 4.69) is 10.6 Å². The van der Waals surface area contributed by atoms with Gasteiger partial charge < -0.3 is 30.4 Å². The van der Waals surface area contributed by atoms with E-state index in [0.717, 1.165) is 0 Å². The van der Waals surface area contributed by atoms with E-state index in [1.165, 1.54) is 0 Å². The molecule has 0 aromatic carbocycles. The fourth-order valence-corrected chi connectivity index (χ4v) is 1.58. The first-order valence-electron chi connectivity index (χ1n) is 5.40. The minimum absolute atomic E-state index is 0. The predicted octanol–water partition coefficient (Wildman–Crippen LogP) is -3.97. The number of nitrogens with one attached hydrogen (secondary N) is 2. The van der Waals surface area contributed by atoms with E-state index in [4.69, 9.17) is 0 Å². The molecule has 2 aliphatic rings. The van der Waals surface area contributed by atoms with Crippen molar-refractivity contribution in [1.82, 2.24) is 10.6 Å². The third-order valence-electron chi connectivity index (χ3n) is 2.56. The number of carbonyl (C=O) groups excluding carboxylic acids is 4. The predicted molar refractivity (Wildman–Crippen MR) is 52.3 cm³/mol. The Bertz CT molecular complexity index is 350. The van der Waals surface area contributed by atoms with Crippen molar-refractivity contribution in [3.63, 3.8) is 0 Å². The van der Waals surface area contributed by atoms with E-state index in [1.807, 2.05) is 0 Å². The van der Waals surface area contributed by atoms with Crippen molar-refractivity contribution in [3.8, 4) is 0 Å². The van der Waals surface area contributed by atoms with E-state index >= 15 is 0 Å². The van der Waals surface area contributed by atoms with Gasteiger partial charge in [0.2, 0.25) is 11.8 Å². The molecular weight excluding hydrogens is 300 g/mol. The van der Waals surface area contributed by atoms with Gasteiger partial charge in [-0.1, -0.05) is 0 Å². The van der Waals surface area contributed by atoms with Crippen LogP contribution in [-0.2, 0) is 36.2 Å². The quantitative estimate of drug-likeness (QED) is 0.499. The van der Waals surface area contributed by atoms with Gasteiger partial charge in [0.25, 0.3) is 0 Å². The smallest absolute Gasteiger partial charge is 0.548 e. The van der Waals surface area contributed by atoms with Crippen LogP contribution in [0.5, 0.6) is 0 Å². The number of aliphatic carboxylic acids is 2. The molecule has 0 bridgehead atoms. The average molecular weight is 312 g/mol. The van der Waals surface area contributed by atoms with Gasteiger partial charge in [0.15, 0.2) is 0 Å². The Morgan fingerprint density at radius 2 is 1.21 bits per heavy atom. The molecule has 0 spiro atoms. The summed E-state index contributed by atoms with van der Waals surface area (Å²) in [5.74, 6) is -2.80. The molecule has 19 heavy (non-hydrogen) atoms. The van der Waals surface area contributed by atoms with Crippen LogP contribution in [0, 0.1) is 0 Å². The van der Waals surface area contributed by atoms with Crippen molar-refractivity contribution in [2.24, 2.45) is 0 Å². The topological polar surface area (TPSA) is 138 Å². The van der Waals surface area contributed by atoms with E-state index in [-0.39, 0.29) is 28.9 Å². The molecule has 0 aromatic rings. The number of amides is 2. The molecule has 8 nitrogen and oxygen atoms in total. The van der Waals surface area contributed by atoms with Crippen LogP contribution in [-0.4, -0.2) is 35.8 Å². The number of hydrogen-bond donors (Lipinski definition) is 2. The fourth-order valence-electron chi connectivity index (χ4n) is 1.58. The van der Waals surface area contributed by atoms with Crippen LogP contribution in [0.25, 0.3) is 0 Å². The first-order valence-corrected chi connectivity index (χ1v) is 5.40. The van der Waals surface area contributed by atoms with Crippen LogP contribution in [0.2, 0.25) is 0 Å². The maximum absolute atomic E-state index is 10.4. The Kier molecular flexibility index (Phi) is 7.10. The monoisotopic (exact) mass is 312 g/mol. The minimum atomic E-state index is -1.19. The molecule has 2 rings (SSSR count). The Morgan fingerprint density at radius 1 is 0.895 bits per heavy atom. The summed E-state index contributed by atoms with van der Waals surface area (Å²) in [4.78, 5) is 40.8. The maximum atomic E-state index is 10.4. The molecule has 2 aliphatic heterocycles. The van der Waals surface area contributed by atoms with Crippen molar-refractivity contribution in [1.29, 1.82) is 0 Å². The summed E-state index contributed by atoms with van der Waals surface area (Å²) in [7, 11) is 0. The number of carboxylic acids is 2. The first kappa shape index (κ1) is 17.4. The molecule has 0 radical (unpaired) electrons. The Hall–Kier alpha value is -1.60. The number of hydrogen-bond acceptors (Lipinski definition) is 6. The molecule has 106 valence electrons. The van der Waals surface area contributed by atoms with Gasteiger partial charge in [-0.05, 0) is 12.8 Å². The number of rotatable bonds is 2. The summed E-state index contributed by atoms with van der Waals surface area (Å²) >= 11 is 0. The van der Waals surface area contributed by atoms with Gasteiger partial charge in [0.05, 0.1) is 24.0 Å². The van der Waals surface area contributed by atoms with E-state index in [9.17, 15) is 29.4 Å². The second kappa shape index (κ2) is 7.75. The van der Waals surface area contributed by atoms with Crippen LogP contribution in [0.3, 0.4) is 0 Å². The van der Waals surface area contributed by atoms with Gasteiger partial charge in [-0.25, -0.2) is 0 Å². The van der Waals surface area contributed by atoms with E-state index in [1.54, 1.807) is 0 Å². The first-order chi connectivity index (χ1) is 8.40. The van der Waals surface area contributed by atoms with Gasteiger partial charge in [0.1, 0.15) is 0 Å². The molecule has 2 N–H and O–H groups in total. The summed E-state index contributed by atoms with van der Waals surface area (Å²) in [5.41, 5.74) is 0. The van der Waals surface area contributed by atoms with Gasteiger partial charge in [0, 0.05) is 12.8 Å². The minimum Gasteiger partial charge on any atom is -0.548 e. The largest absolute Gasteiger partial charge is 2.00 e. The second-order valence-corrected chi connectivity index (χ2v) is 3.96. The molecule has 2 atom stereocenters. The van der Waals surface area contributed by atoms with Gasteiger partial charge in [-0.15, -0.1) is 0 Å². The zero-order valence-corrected chi connectivity index (χ0v) is 10.9. The van der Waals surface area contributed by atoms with Gasteiger partial charge in [-0.2, -0.15) is 0 Å². The summed E-state index contributed by atoms with van der Waals surface area (Å²) in [6.07, 6.45) is 1.33. The van der Waals surface area contributed by atoms with E-state index < -0.39 is 24.0 Å². The zero-order valence-electron chi connectivity index (χ0n) is 9.79. The molecular formula is C10H12FeN2O6. The Morgan fingerprint density at radius 3 is 1.32 bits per heavy atom. The SMILES string of the molecule is O=C1CCC(C(=O)[O-])N1.O=C1CCC(C(=O)[O-])N1.[Fe+2]. The van der Waals surface area contributed by atoms with Gasteiger partial charge >= 0.3 is 17.1 Å². The molecule has 0 aromatic heterocycles. The summed E-state index contributed by atoms with van der Waals surface area (Å²) in [5, 5.41) is 24.5. The Balaban J connectivity index is 0.000000324. The van der Waals surface area contributed by atoms with Crippen LogP contribution < -0.4 is 20.8 Å². The van der Waals surface area contributed by atoms with E-state index in [0.29, 0.717) is 25.7 Å². The standard InChI is InChI=1S/2C5H7NO3.Fe/c2*7-4-2-1-3(6-4)5(8)9;/h2*3H,1-2H2,(H,6,7)(H,8,9);/q;;+2/p-2. The summed E-state index contributed by atoms with van der Waals surface area (Å²) in [6, 6.07) is -1.50. The molecule has 2 unspecified atom stereocenters. The van der Waals surface area contributed by atoms with Gasteiger partial charge in [-0.3, -0.25) is 9.59 Å².